The Labute approximate surface area is 130 Å². The fraction of sp³-hybridized carbons (Fsp3) is 0.312. The Bertz CT molecular complexity index is 639. The second-order valence-corrected chi connectivity index (χ2v) is 6.11. The number of nitrogens with one attached hydrogen (secondary N) is 1. The fourth-order valence-electron chi connectivity index (χ4n) is 1.41. The monoisotopic (exact) mass is 300 g/mol. The highest BCUT2D eigenvalue weighted by Gasteiger charge is 2.12. The van der Waals surface area contributed by atoms with Crippen molar-refractivity contribution in [1.82, 2.24) is 5.32 Å². The molecule has 1 aromatic carbocycles. The molecular formula is C16H17ClN4. The number of nitrogens with zero attached hydrogens (tertiary/aromatic N) is 3. The average molecular weight is 301 g/mol. The molecule has 1 rings (SSSR count). The molecule has 0 aromatic heterocycles. The van der Waals surface area contributed by atoms with E-state index >= 15 is 0 Å². The third-order valence-electron chi connectivity index (χ3n) is 2.44. The van der Waals surface area contributed by atoms with E-state index in [1.54, 1.807) is 18.2 Å². The number of nitriles is 2. The van der Waals surface area contributed by atoms with E-state index in [1.165, 1.54) is 6.21 Å². The van der Waals surface area contributed by atoms with Gasteiger partial charge in [0.25, 0.3) is 0 Å². The van der Waals surface area contributed by atoms with E-state index < -0.39 is 0 Å². The predicted molar refractivity (Wildman–Crippen MR) is 84.8 cm³/mol. The Morgan fingerprint density at radius 2 is 2.05 bits per heavy atom. The van der Waals surface area contributed by atoms with Crippen LogP contribution in [0.25, 0.3) is 0 Å². The van der Waals surface area contributed by atoms with Crippen LogP contribution < -0.4 is 5.32 Å². The van der Waals surface area contributed by atoms with E-state index in [0.717, 1.165) is 5.56 Å². The molecule has 0 radical (unpaired) electrons. The fourth-order valence-corrected chi connectivity index (χ4v) is 1.60. The van der Waals surface area contributed by atoms with Crippen molar-refractivity contribution < 1.29 is 0 Å². The minimum Gasteiger partial charge on any atom is -0.374 e. The van der Waals surface area contributed by atoms with Gasteiger partial charge in [-0.3, -0.25) is 0 Å². The van der Waals surface area contributed by atoms with E-state index in [-0.39, 0.29) is 16.8 Å². The zero-order valence-corrected chi connectivity index (χ0v) is 13.1. The first kappa shape index (κ1) is 16.8. The molecule has 0 aliphatic carbocycles. The number of hydrogen-bond acceptors (Lipinski definition) is 4. The van der Waals surface area contributed by atoms with E-state index in [4.69, 9.17) is 22.1 Å². The molecule has 108 valence electrons. The second kappa shape index (κ2) is 7.47. The Kier molecular flexibility index (Phi) is 5.96. The lowest BCUT2D eigenvalue weighted by molar-refractivity contribution is 0.399. The van der Waals surface area contributed by atoms with Crippen molar-refractivity contribution >= 4 is 17.8 Å². The quantitative estimate of drug-likeness (QED) is 0.681. The molecule has 1 N–H and O–H groups in total. The van der Waals surface area contributed by atoms with Crippen molar-refractivity contribution in [3.63, 3.8) is 0 Å². The van der Waals surface area contributed by atoms with Crippen LogP contribution in [-0.2, 0) is 0 Å². The first-order valence-electron chi connectivity index (χ1n) is 6.44. The SMILES string of the molecule is CC(C)(C)CNC(C#N)=C(C#N)N=Cc1cccc(Cl)c1. The summed E-state index contributed by atoms with van der Waals surface area (Å²) in [5.41, 5.74) is 0.995. The molecule has 0 unspecified atom stereocenters. The summed E-state index contributed by atoms with van der Waals surface area (Å²) in [5, 5.41) is 21.9. The third kappa shape index (κ3) is 6.12. The molecule has 0 amide bonds. The van der Waals surface area contributed by atoms with Gasteiger partial charge in [-0.1, -0.05) is 44.5 Å². The summed E-state index contributed by atoms with van der Waals surface area (Å²) in [6, 6.07) is 11.0. The molecule has 0 saturated carbocycles. The molecule has 0 aliphatic rings. The maximum Gasteiger partial charge on any atom is 0.174 e. The van der Waals surface area contributed by atoms with Gasteiger partial charge in [0.05, 0.1) is 0 Å². The lowest BCUT2D eigenvalue weighted by Crippen LogP contribution is -2.26. The molecule has 0 bridgehead atoms. The van der Waals surface area contributed by atoms with E-state index in [9.17, 15) is 0 Å². The molecule has 21 heavy (non-hydrogen) atoms. The Balaban J connectivity index is 2.97. The molecule has 0 saturated heterocycles. The molecule has 0 heterocycles. The van der Waals surface area contributed by atoms with Crippen LogP contribution in [0.15, 0.2) is 40.7 Å². The van der Waals surface area contributed by atoms with E-state index in [1.807, 2.05) is 39.0 Å². The van der Waals surface area contributed by atoms with E-state index in [2.05, 4.69) is 10.3 Å². The van der Waals surface area contributed by atoms with Gasteiger partial charge in [0, 0.05) is 17.8 Å². The highest BCUT2D eigenvalue weighted by molar-refractivity contribution is 6.30. The molecule has 0 spiro atoms. The van der Waals surface area contributed by atoms with Gasteiger partial charge in [0.15, 0.2) is 11.4 Å². The molecule has 4 nitrogen and oxygen atoms in total. The summed E-state index contributed by atoms with van der Waals surface area (Å²) in [5.74, 6) is 0. The molecule has 0 aliphatic heterocycles. The normalized spacial score (nSPS) is 12.5. The minimum absolute atomic E-state index is 0.000659. The lowest BCUT2D eigenvalue weighted by Gasteiger charge is -2.18. The molecule has 1 aromatic rings. The van der Waals surface area contributed by atoms with E-state index in [0.29, 0.717) is 11.6 Å². The standard InChI is InChI=1S/C16H17ClN4/c1-16(2,3)11-21-15(9-19)14(8-18)20-10-12-5-4-6-13(17)7-12/h4-7,10,21H,11H2,1-3H3. The van der Waals surface area contributed by atoms with Crippen molar-refractivity contribution in [2.45, 2.75) is 20.8 Å². The van der Waals surface area contributed by atoms with Crippen LogP contribution in [-0.4, -0.2) is 12.8 Å². The minimum atomic E-state index is -0.000659. The summed E-state index contributed by atoms with van der Waals surface area (Å²) in [7, 11) is 0. The first-order valence-corrected chi connectivity index (χ1v) is 6.81. The predicted octanol–water partition coefficient (Wildman–Crippen LogP) is 3.65. The van der Waals surface area contributed by atoms with Crippen molar-refractivity contribution in [1.29, 1.82) is 10.5 Å². The summed E-state index contributed by atoms with van der Waals surface area (Å²) in [6.07, 6.45) is 1.51. The number of halogens is 1. The molecule has 0 fully saturated rings. The summed E-state index contributed by atoms with van der Waals surface area (Å²) < 4.78 is 0. The Morgan fingerprint density at radius 1 is 1.33 bits per heavy atom. The second-order valence-electron chi connectivity index (χ2n) is 5.67. The highest BCUT2D eigenvalue weighted by Crippen LogP contribution is 2.13. The molecule has 0 atom stereocenters. The van der Waals surface area contributed by atoms with Gasteiger partial charge >= 0.3 is 0 Å². The number of hydrogen-bond donors (Lipinski definition) is 1. The van der Waals surface area contributed by atoms with Crippen molar-refractivity contribution in [3.05, 3.63) is 46.2 Å². The summed E-state index contributed by atoms with van der Waals surface area (Å²) in [6.45, 7) is 6.69. The molecule has 5 heteroatoms. The van der Waals surface area contributed by atoms with Crippen molar-refractivity contribution in [2.24, 2.45) is 10.4 Å². The summed E-state index contributed by atoms with van der Waals surface area (Å²) in [4.78, 5) is 4.08. The molecular weight excluding hydrogens is 284 g/mol. The highest BCUT2D eigenvalue weighted by atomic mass is 35.5. The maximum absolute atomic E-state index is 9.15. The Hall–Kier alpha value is -2.30. The van der Waals surface area contributed by atoms with Gasteiger partial charge in [-0.05, 0) is 23.1 Å². The number of aliphatic imine (C=N–C) groups is 1. The largest absolute Gasteiger partial charge is 0.374 e. The van der Waals surface area contributed by atoms with Gasteiger partial charge in [0.1, 0.15) is 12.1 Å². The van der Waals surface area contributed by atoms with Crippen molar-refractivity contribution in [2.75, 3.05) is 6.54 Å². The zero-order chi connectivity index (χ0) is 15.9. The van der Waals surface area contributed by atoms with Crippen LogP contribution in [0.2, 0.25) is 5.02 Å². The van der Waals surface area contributed by atoms with Gasteiger partial charge in [-0.25, -0.2) is 4.99 Å². The van der Waals surface area contributed by atoms with Gasteiger partial charge < -0.3 is 5.32 Å². The third-order valence-corrected chi connectivity index (χ3v) is 2.68. The average Bonchev–Trinajstić information content (AvgIpc) is 2.41. The first-order chi connectivity index (χ1) is 9.85. The van der Waals surface area contributed by atoms with Crippen molar-refractivity contribution in [3.8, 4) is 12.1 Å². The van der Waals surface area contributed by atoms with Crippen LogP contribution in [0.4, 0.5) is 0 Å². The number of rotatable bonds is 4. The van der Waals surface area contributed by atoms with Crippen LogP contribution >= 0.6 is 11.6 Å². The Morgan fingerprint density at radius 3 is 2.57 bits per heavy atom. The lowest BCUT2D eigenvalue weighted by atomic mass is 9.97. The number of allylic oxidation sites excluding steroid dienone is 2. The van der Waals surface area contributed by atoms with Crippen LogP contribution in [0.3, 0.4) is 0 Å². The van der Waals surface area contributed by atoms with Gasteiger partial charge in [-0.2, -0.15) is 10.5 Å². The van der Waals surface area contributed by atoms with Crippen LogP contribution in [0, 0.1) is 28.1 Å². The van der Waals surface area contributed by atoms with Gasteiger partial charge in [-0.15, -0.1) is 0 Å². The van der Waals surface area contributed by atoms with Gasteiger partial charge in [0.2, 0.25) is 0 Å². The topological polar surface area (TPSA) is 72.0 Å². The smallest absolute Gasteiger partial charge is 0.174 e. The van der Waals surface area contributed by atoms with Crippen LogP contribution in [0.5, 0.6) is 0 Å². The number of benzene rings is 1. The maximum atomic E-state index is 9.15. The zero-order valence-electron chi connectivity index (χ0n) is 12.3. The summed E-state index contributed by atoms with van der Waals surface area (Å²) >= 11 is 5.88. The van der Waals surface area contributed by atoms with Crippen LogP contribution in [0.1, 0.15) is 26.3 Å².